The predicted octanol–water partition coefficient (Wildman–Crippen LogP) is 2.72. The SMILES string of the molecule is CCCc1nc(Br)cc(N2CCN(C)C(C)(C)C2)n1. The lowest BCUT2D eigenvalue weighted by Gasteiger charge is -2.45. The molecule has 0 spiro atoms. The van der Waals surface area contributed by atoms with E-state index in [-0.39, 0.29) is 5.54 Å². The Hall–Kier alpha value is -0.680. The predicted molar refractivity (Wildman–Crippen MR) is 82.6 cm³/mol. The zero-order valence-electron chi connectivity index (χ0n) is 12.3. The summed E-state index contributed by atoms with van der Waals surface area (Å²) in [7, 11) is 2.19. The van der Waals surface area contributed by atoms with Crippen LogP contribution in [0, 0.1) is 0 Å². The van der Waals surface area contributed by atoms with E-state index in [4.69, 9.17) is 4.98 Å². The van der Waals surface area contributed by atoms with Crippen molar-refractivity contribution in [1.29, 1.82) is 0 Å². The van der Waals surface area contributed by atoms with E-state index < -0.39 is 0 Å². The molecular formula is C14H23BrN4. The second-order valence-electron chi connectivity index (χ2n) is 5.87. The fraction of sp³-hybridized carbons (Fsp3) is 0.714. The molecule has 1 aliphatic rings. The fourth-order valence-electron chi connectivity index (χ4n) is 2.38. The summed E-state index contributed by atoms with van der Waals surface area (Å²) in [6.45, 7) is 9.80. The molecular weight excluding hydrogens is 304 g/mol. The molecule has 0 aliphatic carbocycles. The van der Waals surface area contributed by atoms with Crippen molar-refractivity contribution in [2.24, 2.45) is 0 Å². The first-order chi connectivity index (χ1) is 8.92. The lowest BCUT2D eigenvalue weighted by Crippen LogP contribution is -2.57. The van der Waals surface area contributed by atoms with Gasteiger partial charge < -0.3 is 4.90 Å². The number of nitrogens with zero attached hydrogens (tertiary/aromatic N) is 4. The van der Waals surface area contributed by atoms with Gasteiger partial charge in [-0.15, -0.1) is 0 Å². The van der Waals surface area contributed by atoms with Crippen LogP contribution in [0.4, 0.5) is 5.82 Å². The molecule has 0 unspecified atom stereocenters. The summed E-state index contributed by atoms with van der Waals surface area (Å²) in [5, 5.41) is 0. The van der Waals surface area contributed by atoms with Crippen LogP contribution in [0.2, 0.25) is 0 Å². The number of aryl methyl sites for hydroxylation is 1. The van der Waals surface area contributed by atoms with Crippen molar-refractivity contribution < 1.29 is 0 Å². The highest BCUT2D eigenvalue weighted by Crippen LogP contribution is 2.24. The van der Waals surface area contributed by atoms with Gasteiger partial charge in [0.2, 0.25) is 0 Å². The average molecular weight is 327 g/mol. The summed E-state index contributed by atoms with van der Waals surface area (Å²) >= 11 is 3.50. The first-order valence-corrected chi connectivity index (χ1v) is 7.71. The van der Waals surface area contributed by atoms with Crippen molar-refractivity contribution >= 4 is 21.7 Å². The summed E-state index contributed by atoms with van der Waals surface area (Å²) in [5.41, 5.74) is 0.181. The fourth-order valence-corrected chi connectivity index (χ4v) is 2.79. The molecule has 1 aliphatic heterocycles. The topological polar surface area (TPSA) is 32.3 Å². The number of halogens is 1. The molecule has 0 amide bonds. The summed E-state index contributed by atoms with van der Waals surface area (Å²) in [4.78, 5) is 13.9. The maximum atomic E-state index is 4.70. The van der Waals surface area contributed by atoms with E-state index in [0.717, 1.165) is 48.7 Å². The number of piperazine rings is 1. The Kier molecular flexibility index (Phi) is 4.46. The molecule has 0 atom stereocenters. The number of hydrogen-bond donors (Lipinski definition) is 0. The average Bonchev–Trinajstić information content (AvgIpc) is 2.32. The molecule has 106 valence electrons. The van der Waals surface area contributed by atoms with Crippen molar-refractivity contribution in [2.45, 2.75) is 39.2 Å². The lowest BCUT2D eigenvalue weighted by molar-refractivity contribution is 0.138. The Morgan fingerprint density at radius 1 is 1.32 bits per heavy atom. The molecule has 0 bridgehead atoms. The van der Waals surface area contributed by atoms with Crippen LogP contribution < -0.4 is 4.90 Å². The van der Waals surface area contributed by atoms with Gasteiger partial charge in [0.15, 0.2) is 0 Å². The van der Waals surface area contributed by atoms with Crippen LogP contribution in [0.3, 0.4) is 0 Å². The zero-order valence-corrected chi connectivity index (χ0v) is 13.9. The lowest BCUT2D eigenvalue weighted by atomic mass is 10.00. The first-order valence-electron chi connectivity index (χ1n) is 6.92. The van der Waals surface area contributed by atoms with Gasteiger partial charge in [-0.2, -0.15) is 0 Å². The summed E-state index contributed by atoms with van der Waals surface area (Å²) in [6.07, 6.45) is 2.01. The van der Waals surface area contributed by atoms with Gasteiger partial charge in [0.25, 0.3) is 0 Å². The standard InChI is InChI=1S/C14H23BrN4/c1-5-6-12-16-11(15)9-13(17-12)19-8-7-18(4)14(2,3)10-19/h9H,5-8,10H2,1-4H3. The van der Waals surface area contributed by atoms with Crippen molar-refractivity contribution in [3.05, 3.63) is 16.5 Å². The molecule has 0 saturated carbocycles. The maximum Gasteiger partial charge on any atom is 0.133 e. The molecule has 0 N–H and O–H groups in total. The van der Waals surface area contributed by atoms with Crippen LogP contribution in [-0.2, 0) is 6.42 Å². The molecule has 1 saturated heterocycles. The molecule has 1 aromatic rings. The summed E-state index contributed by atoms with van der Waals surface area (Å²) < 4.78 is 0.887. The minimum Gasteiger partial charge on any atom is -0.353 e. The van der Waals surface area contributed by atoms with E-state index in [2.05, 4.69) is 58.5 Å². The van der Waals surface area contributed by atoms with Gasteiger partial charge in [-0.1, -0.05) is 6.92 Å². The van der Waals surface area contributed by atoms with Crippen molar-refractivity contribution in [1.82, 2.24) is 14.9 Å². The van der Waals surface area contributed by atoms with E-state index in [1.165, 1.54) is 0 Å². The van der Waals surface area contributed by atoms with Crippen molar-refractivity contribution in [3.63, 3.8) is 0 Å². The smallest absolute Gasteiger partial charge is 0.133 e. The largest absolute Gasteiger partial charge is 0.353 e. The molecule has 1 fully saturated rings. The first kappa shape index (κ1) is 14.7. The van der Waals surface area contributed by atoms with Gasteiger partial charge in [-0.3, -0.25) is 4.90 Å². The van der Waals surface area contributed by atoms with E-state index in [1.54, 1.807) is 0 Å². The van der Waals surface area contributed by atoms with Crippen LogP contribution in [0.25, 0.3) is 0 Å². The number of rotatable bonds is 3. The molecule has 19 heavy (non-hydrogen) atoms. The van der Waals surface area contributed by atoms with E-state index in [1.807, 2.05) is 6.07 Å². The highest BCUT2D eigenvalue weighted by molar-refractivity contribution is 9.10. The molecule has 0 aromatic carbocycles. The molecule has 2 heterocycles. The summed E-state index contributed by atoms with van der Waals surface area (Å²) in [6, 6.07) is 2.03. The van der Waals surface area contributed by atoms with Gasteiger partial charge in [0.05, 0.1) is 0 Å². The van der Waals surface area contributed by atoms with E-state index in [9.17, 15) is 0 Å². The molecule has 5 heteroatoms. The third kappa shape index (κ3) is 3.45. The Balaban J connectivity index is 2.22. The highest BCUT2D eigenvalue weighted by Gasteiger charge is 2.31. The van der Waals surface area contributed by atoms with Gasteiger partial charge in [0.1, 0.15) is 16.2 Å². The minimum absolute atomic E-state index is 0.181. The van der Waals surface area contributed by atoms with Crippen LogP contribution in [-0.4, -0.2) is 47.1 Å². The normalized spacial score (nSPS) is 19.7. The van der Waals surface area contributed by atoms with Crippen LogP contribution in [0.5, 0.6) is 0 Å². The van der Waals surface area contributed by atoms with Crippen LogP contribution >= 0.6 is 15.9 Å². The van der Waals surface area contributed by atoms with E-state index in [0.29, 0.717) is 0 Å². The van der Waals surface area contributed by atoms with E-state index >= 15 is 0 Å². The molecule has 0 radical (unpaired) electrons. The number of aromatic nitrogens is 2. The molecule has 1 aromatic heterocycles. The number of likely N-dealkylation sites (N-methyl/N-ethyl adjacent to an activating group) is 1. The Morgan fingerprint density at radius 2 is 2.05 bits per heavy atom. The Labute approximate surface area is 124 Å². The number of hydrogen-bond acceptors (Lipinski definition) is 4. The van der Waals surface area contributed by atoms with Gasteiger partial charge in [-0.25, -0.2) is 9.97 Å². The third-order valence-corrected chi connectivity index (χ3v) is 4.25. The molecule has 2 rings (SSSR count). The third-order valence-electron chi connectivity index (χ3n) is 3.84. The second kappa shape index (κ2) is 5.75. The number of anilines is 1. The maximum absolute atomic E-state index is 4.70. The molecule has 4 nitrogen and oxygen atoms in total. The van der Waals surface area contributed by atoms with Gasteiger partial charge in [-0.05, 0) is 43.2 Å². The zero-order chi connectivity index (χ0) is 14.0. The van der Waals surface area contributed by atoms with Crippen LogP contribution in [0.15, 0.2) is 10.7 Å². The minimum atomic E-state index is 0.181. The highest BCUT2D eigenvalue weighted by atomic mass is 79.9. The Morgan fingerprint density at radius 3 is 2.68 bits per heavy atom. The van der Waals surface area contributed by atoms with Crippen molar-refractivity contribution in [2.75, 3.05) is 31.6 Å². The second-order valence-corrected chi connectivity index (χ2v) is 6.68. The summed E-state index contributed by atoms with van der Waals surface area (Å²) in [5.74, 6) is 1.98. The van der Waals surface area contributed by atoms with Crippen molar-refractivity contribution in [3.8, 4) is 0 Å². The van der Waals surface area contributed by atoms with Crippen LogP contribution in [0.1, 0.15) is 33.0 Å². The van der Waals surface area contributed by atoms with Gasteiger partial charge >= 0.3 is 0 Å². The quantitative estimate of drug-likeness (QED) is 0.799. The van der Waals surface area contributed by atoms with Gasteiger partial charge in [0, 0.05) is 37.7 Å². The monoisotopic (exact) mass is 326 g/mol. The Bertz CT molecular complexity index is 447.